The first-order valence-electron chi connectivity index (χ1n) is 6.80. The monoisotopic (exact) mass is 329 g/mol. The molecule has 0 aliphatic carbocycles. The molecule has 0 aliphatic rings. The van der Waals surface area contributed by atoms with E-state index in [9.17, 15) is 18.0 Å². The Morgan fingerprint density at radius 2 is 1.78 bits per heavy atom. The second kappa shape index (κ2) is 7.77. The average molecular weight is 329 g/mol. The van der Waals surface area contributed by atoms with Crippen LogP contribution in [0, 0.1) is 11.8 Å². The molecule has 1 N–H and O–H groups in total. The molecule has 4 nitrogen and oxygen atoms in total. The average Bonchev–Trinajstić information content (AvgIpc) is 2.40. The van der Waals surface area contributed by atoms with E-state index in [4.69, 9.17) is 4.74 Å². The first-order chi connectivity index (χ1) is 10.6. The smallest absolute Gasteiger partial charge is 0.422 e. The molecular formula is C16H18F3NO3. The van der Waals surface area contributed by atoms with Gasteiger partial charge in [-0.15, -0.1) is 0 Å². The largest absolute Gasteiger partial charge is 0.484 e. The van der Waals surface area contributed by atoms with Crippen molar-refractivity contribution >= 4 is 6.09 Å². The van der Waals surface area contributed by atoms with E-state index < -0.39 is 24.5 Å². The highest BCUT2D eigenvalue weighted by Gasteiger charge is 2.28. The molecule has 0 heterocycles. The van der Waals surface area contributed by atoms with Gasteiger partial charge < -0.3 is 14.8 Å². The summed E-state index contributed by atoms with van der Waals surface area (Å²) in [5, 5.41) is 2.47. The minimum Gasteiger partial charge on any atom is -0.484 e. The van der Waals surface area contributed by atoms with Gasteiger partial charge in [0.25, 0.3) is 0 Å². The molecule has 0 atom stereocenters. The van der Waals surface area contributed by atoms with Gasteiger partial charge in [-0.3, -0.25) is 0 Å². The Bertz CT molecular complexity index is 578. The number of hydrogen-bond acceptors (Lipinski definition) is 3. The van der Waals surface area contributed by atoms with Crippen molar-refractivity contribution in [2.24, 2.45) is 0 Å². The number of amides is 1. The third kappa shape index (κ3) is 9.30. The number of alkyl halides is 3. The van der Waals surface area contributed by atoms with Crippen LogP contribution in [0.2, 0.25) is 0 Å². The van der Waals surface area contributed by atoms with Crippen LogP contribution in [0.25, 0.3) is 0 Å². The summed E-state index contributed by atoms with van der Waals surface area (Å²) < 4.78 is 45.6. The zero-order chi connectivity index (χ0) is 17.5. The molecule has 126 valence electrons. The van der Waals surface area contributed by atoms with Gasteiger partial charge in [0.2, 0.25) is 0 Å². The third-order valence-corrected chi connectivity index (χ3v) is 2.21. The SMILES string of the molecule is CC(C)(C)OC(=O)NCC#Cc1ccc(OCC(F)(F)F)cc1. The van der Waals surface area contributed by atoms with Gasteiger partial charge in [0.15, 0.2) is 6.61 Å². The Balaban J connectivity index is 2.43. The molecule has 0 saturated carbocycles. The number of rotatable bonds is 3. The van der Waals surface area contributed by atoms with E-state index in [1.165, 1.54) is 24.3 Å². The van der Waals surface area contributed by atoms with Crippen LogP contribution in [0.5, 0.6) is 5.75 Å². The maximum absolute atomic E-state index is 12.0. The number of alkyl carbamates (subject to hydrolysis) is 1. The number of halogens is 3. The van der Waals surface area contributed by atoms with Gasteiger partial charge in [-0.25, -0.2) is 4.79 Å². The van der Waals surface area contributed by atoms with Gasteiger partial charge in [-0.2, -0.15) is 13.2 Å². The molecule has 0 radical (unpaired) electrons. The van der Waals surface area contributed by atoms with Crippen molar-refractivity contribution in [2.75, 3.05) is 13.2 Å². The highest BCUT2D eigenvalue weighted by molar-refractivity contribution is 5.68. The summed E-state index contributed by atoms with van der Waals surface area (Å²) in [5.41, 5.74) is 0.0133. The first-order valence-corrected chi connectivity index (χ1v) is 6.80. The number of nitrogens with one attached hydrogen (secondary N) is 1. The fraction of sp³-hybridized carbons (Fsp3) is 0.438. The minimum absolute atomic E-state index is 0.0985. The Morgan fingerprint density at radius 1 is 1.17 bits per heavy atom. The number of hydrogen-bond donors (Lipinski definition) is 1. The highest BCUT2D eigenvalue weighted by atomic mass is 19.4. The van der Waals surface area contributed by atoms with Crippen molar-refractivity contribution in [2.45, 2.75) is 32.5 Å². The van der Waals surface area contributed by atoms with Gasteiger partial charge >= 0.3 is 12.3 Å². The van der Waals surface area contributed by atoms with Crippen molar-refractivity contribution in [3.8, 4) is 17.6 Å². The maximum Gasteiger partial charge on any atom is 0.422 e. The Morgan fingerprint density at radius 3 is 2.30 bits per heavy atom. The third-order valence-electron chi connectivity index (χ3n) is 2.21. The minimum atomic E-state index is -4.37. The summed E-state index contributed by atoms with van der Waals surface area (Å²) in [4.78, 5) is 11.4. The van der Waals surface area contributed by atoms with Crippen LogP contribution in [0.3, 0.4) is 0 Å². The first kappa shape index (κ1) is 18.7. The molecule has 7 heteroatoms. The van der Waals surface area contributed by atoms with Crippen molar-refractivity contribution in [3.63, 3.8) is 0 Å². The molecule has 0 spiro atoms. The highest BCUT2D eigenvalue weighted by Crippen LogP contribution is 2.18. The Hall–Kier alpha value is -2.36. The zero-order valence-corrected chi connectivity index (χ0v) is 13.1. The van der Waals surface area contributed by atoms with E-state index in [0.717, 1.165) is 0 Å². The Labute approximate surface area is 133 Å². The maximum atomic E-state index is 12.0. The number of carbonyl (C=O) groups is 1. The summed E-state index contributed by atoms with van der Waals surface area (Å²) >= 11 is 0. The molecule has 1 rings (SSSR count). The second-order valence-corrected chi connectivity index (χ2v) is 5.59. The van der Waals surface area contributed by atoms with Crippen molar-refractivity contribution in [3.05, 3.63) is 29.8 Å². The molecule has 0 saturated heterocycles. The lowest BCUT2D eigenvalue weighted by Gasteiger charge is -2.18. The van der Waals surface area contributed by atoms with E-state index in [1.807, 2.05) is 0 Å². The quantitative estimate of drug-likeness (QED) is 0.864. The number of ether oxygens (including phenoxy) is 2. The Kier molecular flexibility index (Phi) is 6.31. The summed E-state index contributed by atoms with van der Waals surface area (Å²) in [6, 6.07) is 5.87. The lowest BCUT2D eigenvalue weighted by atomic mass is 10.2. The van der Waals surface area contributed by atoms with Crippen LogP contribution >= 0.6 is 0 Å². The molecule has 0 fully saturated rings. The topological polar surface area (TPSA) is 47.6 Å². The van der Waals surface area contributed by atoms with Crippen LogP contribution in [0.1, 0.15) is 26.3 Å². The van der Waals surface area contributed by atoms with Gasteiger partial charge in [0, 0.05) is 5.56 Å². The molecule has 0 aliphatic heterocycles. The fourth-order valence-electron chi connectivity index (χ4n) is 1.38. The predicted molar refractivity (Wildman–Crippen MR) is 79.1 cm³/mol. The summed E-state index contributed by atoms with van der Waals surface area (Å²) in [6.45, 7) is 4.01. The van der Waals surface area contributed by atoms with Crippen LogP contribution in [-0.2, 0) is 4.74 Å². The van der Waals surface area contributed by atoms with Crippen LogP contribution in [0.4, 0.5) is 18.0 Å². The molecule has 1 aromatic rings. The molecule has 0 unspecified atom stereocenters. The normalized spacial score (nSPS) is 11.2. The van der Waals surface area contributed by atoms with E-state index in [1.54, 1.807) is 20.8 Å². The van der Waals surface area contributed by atoms with E-state index in [0.29, 0.717) is 5.56 Å². The lowest BCUT2D eigenvalue weighted by molar-refractivity contribution is -0.153. The van der Waals surface area contributed by atoms with Crippen molar-refractivity contribution in [1.82, 2.24) is 5.32 Å². The second-order valence-electron chi connectivity index (χ2n) is 5.59. The molecule has 0 aromatic heterocycles. The summed E-state index contributed by atoms with van der Waals surface area (Å²) in [7, 11) is 0. The molecule has 1 amide bonds. The predicted octanol–water partition coefficient (Wildman–Crippen LogP) is 3.50. The standard InChI is InChI=1S/C16H18F3NO3/c1-15(2,3)23-14(21)20-10-4-5-12-6-8-13(9-7-12)22-11-16(17,18)19/h6-9H,10-11H2,1-3H3,(H,20,21). The van der Waals surface area contributed by atoms with Gasteiger partial charge in [0.1, 0.15) is 11.4 Å². The number of carbonyl (C=O) groups excluding carboxylic acids is 1. The van der Waals surface area contributed by atoms with Gasteiger partial charge in [0.05, 0.1) is 6.54 Å². The summed E-state index contributed by atoms with van der Waals surface area (Å²) in [6.07, 6.45) is -4.94. The fourth-order valence-corrected chi connectivity index (χ4v) is 1.38. The van der Waals surface area contributed by atoms with E-state index in [2.05, 4.69) is 21.9 Å². The van der Waals surface area contributed by atoms with E-state index >= 15 is 0 Å². The number of benzene rings is 1. The van der Waals surface area contributed by atoms with Gasteiger partial charge in [-0.1, -0.05) is 11.8 Å². The molecular weight excluding hydrogens is 311 g/mol. The lowest BCUT2D eigenvalue weighted by Crippen LogP contribution is -2.32. The van der Waals surface area contributed by atoms with E-state index in [-0.39, 0.29) is 12.3 Å². The molecule has 0 bridgehead atoms. The van der Waals surface area contributed by atoms with Crippen molar-refractivity contribution in [1.29, 1.82) is 0 Å². The van der Waals surface area contributed by atoms with Crippen LogP contribution in [-0.4, -0.2) is 31.0 Å². The molecule has 23 heavy (non-hydrogen) atoms. The summed E-state index contributed by atoms with van der Waals surface area (Å²) in [5.74, 6) is 5.59. The van der Waals surface area contributed by atoms with Gasteiger partial charge in [-0.05, 0) is 45.0 Å². The molecule has 1 aromatic carbocycles. The van der Waals surface area contributed by atoms with Crippen LogP contribution < -0.4 is 10.1 Å². The van der Waals surface area contributed by atoms with Crippen molar-refractivity contribution < 1.29 is 27.4 Å². The van der Waals surface area contributed by atoms with Crippen LogP contribution in [0.15, 0.2) is 24.3 Å². The zero-order valence-electron chi connectivity index (χ0n) is 13.1.